The molecule has 0 saturated carbocycles. The van der Waals surface area contributed by atoms with Crippen LogP contribution in [0.1, 0.15) is 19.3 Å². The summed E-state index contributed by atoms with van der Waals surface area (Å²) in [5.74, 6) is 0.0262. The van der Waals surface area contributed by atoms with E-state index in [0.717, 1.165) is 37.1 Å². The standard InChI is InChI=1S/C16H19N3OS2/c1-21-12-7-5-11(6-8-12)14-10-22-16(18-14)19-15(20)13-4-2-3-9-17-13/h5-8,10,13,17H,2-4,9H2,1H3,(H,18,19,20). The van der Waals surface area contributed by atoms with E-state index in [9.17, 15) is 4.79 Å². The highest BCUT2D eigenvalue weighted by Crippen LogP contribution is 2.27. The first-order valence-electron chi connectivity index (χ1n) is 7.40. The summed E-state index contributed by atoms with van der Waals surface area (Å²) in [5, 5.41) is 8.83. The van der Waals surface area contributed by atoms with Gasteiger partial charge in [0, 0.05) is 15.8 Å². The predicted molar refractivity (Wildman–Crippen MR) is 93.6 cm³/mol. The summed E-state index contributed by atoms with van der Waals surface area (Å²) in [5.41, 5.74) is 1.98. The number of amides is 1. The fourth-order valence-corrected chi connectivity index (χ4v) is 3.62. The van der Waals surface area contributed by atoms with Gasteiger partial charge >= 0.3 is 0 Å². The van der Waals surface area contributed by atoms with Gasteiger partial charge in [-0.15, -0.1) is 23.1 Å². The van der Waals surface area contributed by atoms with Crippen molar-refractivity contribution in [3.8, 4) is 11.3 Å². The van der Waals surface area contributed by atoms with E-state index >= 15 is 0 Å². The molecule has 22 heavy (non-hydrogen) atoms. The van der Waals surface area contributed by atoms with Crippen molar-refractivity contribution in [1.82, 2.24) is 10.3 Å². The Kier molecular flexibility index (Phi) is 5.12. The Morgan fingerprint density at radius 3 is 2.86 bits per heavy atom. The monoisotopic (exact) mass is 333 g/mol. The highest BCUT2D eigenvalue weighted by Gasteiger charge is 2.21. The van der Waals surface area contributed by atoms with E-state index in [1.807, 2.05) is 5.38 Å². The summed E-state index contributed by atoms with van der Waals surface area (Å²) in [6, 6.07) is 8.22. The topological polar surface area (TPSA) is 54.0 Å². The molecule has 116 valence electrons. The van der Waals surface area contributed by atoms with Crippen molar-refractivity contribution in [3.05, 3.63) is 29.6 Å². The second kappa shape index (κ2) is 7.26. The van der Waals surface area contributed by atoms with Crippen molar-refractivity contribution in [1.29, 1.82) is 0 Å². The molecule has 1 fully saturated rings. The van der Waals surface area contributed by atoms with Gasteiger partial charge in [0.1, 0.15) is 0 Å². The lowest BCUT2D eigenvalue weighted by molar-refractivity contribution is -0.118. The Morgan fingerprint density at radius 1 is 1.36 bits per heavy atom. The number of hydrogen-bond acceptors (Lipinski definition) is 5. The maximum absolute atomic E-state index is 12.2. The number of nitrogens with zero attached hydrogens (tertiary/aromatic N) is 1. The van der Waals surface area contributed by atoms with Gasteiger partial charge in [-0.2, -0.15) is 0 Å². The molecule has 4 nitrogen and oxygen atoms in total. The summed E-state index contributed by atoms with van der Waals surface area (Å²) in [6.45, 7) is 0.920. The Labute approximate surface area is 138 Å². The number of benzene rings is 1. The zero-order valence-corrected chi connectivity index (χ0v) is 14.1. The first-order valence-corrected chi connectivity index (χ1v) is 9.51. The average molecular weight is 333 g/mol. The molecule has 0 bridgehead atoms. The van der Waals surface area contributed by atoms with Gasteiger partial charge in [-0.25, -0.2) is 4.98 Å². The summed E-state index contributed by atoms with van der Waals surface area (Å²) >= 11 is 3.19. The maximum atomic E-state index is 12.2. The van der Waals surface area contributed by atoms with E-state index in [1.54, 1.807) is 11.8 Å². The number of rotatable bonds is 4. The minimum absolute atomic E-state index is 0.0262. The second-order valence-electron chi connectivity index (χ2n) is 5.26. The molecule has 2 heterocycles. The summed E-state index contributed by atoms with van der Waals surface area (Å²) < 4.78 is 0. The molecule has 0 radical (unpaired) electrons. The average Bonchev–Trinajstić information content (AvgIpc) is 3.04. The molecule has 6 heteroatoms. The molecule has 1 saturated heterocycles. The Morgan fingerprint density at radius 2 is 2.18 bits per heavy atom. The Bertz CT molecular complexity index is 633. The van der Waals surface area contributed by atoms with Crippen LogP contribution < -0.4 is 10.6 Å². The van der Waals surface area contributed by atoms with E-state index in [0.29, 0.717) is 5.13 Å². The third-order valence-corrected chi connectivity index (χ3v) is 5.25. The lowest BCUT2D eigenvalue weighted by Gasteiger charge is -2.21. The fourth-order valence-electron chi connectivity index (χ4n) is 2.49. The molecular formula is C16H19N3OS2. The molecule has 0 aliphatic carbocycles. The van der Waals surface area contributed by atoms with Gasteiger partial charge in [0.15, 0.2) is 5.13 Å². The van der Waals surface area contributed by atoms with Crippen LogP contribution in [0.2, 0.25) is 0 Å². The Balaban J connectivity index is 1.66. The zero-order valence-electron chi connectivity index (χ0n) is 12.5. The predicted octanol–water partition coefficient (Wildman–Crippen LogP) is 3.61. The van der Waals surface area contributed by atoms with E-state index < -0.39 is 0 Å². The first-order chi connectivity index (χ1) is 10.8. The van der Waals surface area contributed by atoms with Crippen LogP contribution in [0.15, 0.2) is 34.5 Å². The molecule has 1 aliphatic heterocycles. The number of hydrogen-bond donors (Lipinski definition) is 2. The van der Waals surface area contributed by atoms with Crippen molar-refractivity contribution >= 4 is 34.1 Å². The van der Waals surface area contributed by atoms with Crippen LogP contribution in [0, 0.1) is 0 Å². The molecule has 3 rings (SSSR count). The van der Waals surface area contributed by atoms with Crippen molar-refractivity contribution in [2.24, 2.45) is 0 Å². The largest absolute Gasteiger partial charge is 0.306 e. The molecule has 1 aliphatic rings. The van der Waals surface area contributed by atoms with Crippen LogP contribution >= 0.6 is 23.1 Å². The molecule has 1 unspecified atom stereocenters. The quantitative estimate of drug-likeness (QED) is 0.839. The van der Waals surface area contributed by atoms with E-state index in [1.165, 1.54) is 16.2 Å². The summed E-state index contributed by atoms with van der Waals surface area (Å²) in [7, 11) is 0. The number of piperidine rings is 1. The molecule has 0 spiro atoms. The van der Waals surface area contributed by atoms with Gasteiger partial charge < -0.3 is 10.6 Å². The minimum atomic E-state index is -0.0815. The van der Waals surface area contributed by atoms with Crippen LogP contribution in [0.4, 0.5) is 5.13 Å². The number of thiazole rings is 1. The van der Waals surface area contributed by atoms with Gasteiger partial charge in [-0.3, -0.25) is 4.79 Å². The third kappa shape index (κ3) is 3.69. The lowest BCUT2D eigenvalue weighted by atomic mass is 10.0. The molecule has 1 aromatic carbocycles. The number of nitrogens with one attached hydrogen (secondary N) is 2. The van der Waals surface area contributed by atoms with Gasteiger partial charge in [0.25, 0.3) is 0 Å². The number of aromatic nitrogens is 1. The number of thioether (sulfide) groups is 1. The maximum Gasteiger partial charge on any atom is 0.243 e. The van der Waals surface area contributed by atoms with E-state index in [-0.39, 0.29) is 11.9 Å². The first kappa shape index (κ1) is 15.5. The number of anilines is 1. The fraction of sp³-hybridized carbons (Fsp3) is 0.375. The highest BCUT2D eigenvalue weighted by molar-refractivity contribution is 7.98. The third-order valence-electron chi connectivity index (χ3n) is 3.75. The van der Waals surface area contributed by atoms with Crippen molar-refractivity contribution in [2.45, 2.75) is 30.2 Å². The SMILES string of the molecule is CSc1ccc(-c2csc(NC(=O)C3CCCCN3)n2)cc1. The van der Waals surface area contributed by atoms with Crippen molar-refractivity contribution in [2.75, 3.05) is 18.1 Å². The van der Waals surface area contributed by atoms with Gasteiger partial charge in [-0.1, -0.05) is 18.6 Å². The van der Waals surface area contributed by atoms with Crippen LogP contribution in [0.5, 0.6) is 0 Å². The lowest BCUT2D eigenvalue weighted by Crippen LogP contribution is -2.43. The molecule has 2 N–H and O–H groups in total. The summed E-state index contributed by atoms with van der Waals surface area (Å²) in [4.78, 5) is 17.9. The minimum Gasteiger partial charge on any atom is -0.306 e. The highest BCUT2D eigenvalue weighted by atomic mass is 32.2. The van der Waals surface area contributed by atoms with Crippen LogP contribution in [-0.2, 0) is 4.79 Å². The molecule has 1 amide bonds. The van der Waals surface area contributed by atoms with Crippen molar-refractivity contribution in [3.63, 3.8) is 0 Å². The Hall–Kier alpha value is -1.37. The van der Waals surface area contributed by atoms with Gasteiger partial charge in [0.2, 0.25) is 5.91 Å². The van der Waals surface area contributed by atoms with Crippen LogP contribution in [-0.4, -0.2) is 29.7 Å². The normalized spacial score (nSPS) is 18.1. The smallest absolute Gasteiger partial charge is 0.243 e. The number of carbonyl (C=O) groups is 1. The van der Waals surface area contributed by atoms with Crippen molar-refractivity contribution < 1.29 is 4.79 Å². The van der Waals surface area contributed by atoms with Gasteiger partial charge in [-0.05, 0) is 37.8 Å². The van der Waals surface area contributed by atoms with Crippen LogP contribution in [0.25, 0.3) is 11.3 Å². The van der Waals surface area contributed by atoms with Gasteiger partial charge in [0.05, 0.1) is 11.7 Å². The van der Waals surface area contributed by atoms with E-state index in [2.05, 4.69) is 46.1 Å². The summed E-state index contributed by atoms with van der Waals surface area (Å²) in [6.07, 6.45) is 5.22. The van der Waals surface area contributed by atoms with E-state index in [4.69, 9.17) is 0 Å². The van der Waals surface area contributed by atoms with Crippen LogP contribution in [0.3, 0.4) is 0 Å². The molecule has 1 atom stereocenters. The number of carbonyl (C=O) groups excluding carboxylic acids is 1. The second-order valence-corrected chi connectivity index (χ2v) is 7.00. The zero-order chi connectivity index (χ0) is 15.4. The molecule has 1 aromatic heterocycles. The molecular weight excluding hydrogens is 314 g/mol. The molecule has 2 aromatic rings.